The molecule has 0 saturated heterocycles. The fraction of sp³-hybridized carbons (Fsp3) is 0.0149. The first kappa shape index (κ1) is 40.3. The number of hydrogen-bond donors (Lipinski definition) is 0. The number of nitrogens with zero attached hydrogens (tertiary/aromatic N) is 2. The second kappa shape index (κ2) is 17.0. The van der Waals surface area contributed by atoms with Crippen molar-refractivity contribution in [2.24, 2.45) is 0 Å². The first-order chi connectivity index (χ1) is 34.2. The van der Waals surface area contributed by atoms with E-state index in [4.69, 9.17) is 0 Å². The third-order valence-electron chi connectivity index (χ3n) is 14.1. The Balaban J connectivity index is 0.976. The van der Waals surface area contributed by atoms with Gasteiger partial charge in [0.15, 0.2) is 0 Å². The van der Waals surface area contributed by atoms with Crippen LogP contribution in [0.2, 0.25) is 0 Å². The second-order valence-corrected chi connectivity index (χ2v) is 18.0. The maximum absolute atomic E-state index is 2.48. The number of fused-ring (bicyclic) bond motifs is 8. The quantitative estimate of drug-likeness (QED) is 0.131. The molecule has 324 valence electrons. The summed E-state index contributed by atoms with van der Waals surface area (Å²) in [5.41, 5.74) is 16.6. The van der Waals surface area contributed by atoms with E-state index in [-0.39, 0.29) is 0 Å². The van der Waals surface area contributed by atoms with Crippen molar-refractivity contribution in [3.63, 3.8) is 0 Å². The lowest BCUT2D eigenvalue weighted by atomic mass is 9.90. The van der Waals surface area contributed by atoms with E-state index in [1.54, 1.807) is 0 Å². The lowest BCUT2D eigenvalue weighted by Crippen LogP contribution is -2.17. The maximum atomic E-state index is 2.48. The minimum absolute atomic E-state index is 0.645. The van der Waals surface area contributed by atoms with Crippen molar-refractivity contribution < 1.29 is 0 Å². The third kappa shape index (κ3) is 7.13. The molecule has 0 fully saturated rings. The summed E-state index contributed by atoms with van der Waals surface area (Å²) in [5.74, 6) is 0. The molecule has 13 aromatic rings. The molecule has 0 radical (unpaired) electrons. The van der Waals surface area contributed by atoms with Gasteiger partial charge in [-0.2, -0.15) is 0 Å². The Hall–Kier alpha value is -8.98. The molecule has 13 rings (SSSR count). The summed E-state index contributed by atoms with van der Waals surface area (Å²) in [6, 6.07) is 97.9. The topological polar surface area (TPSA) is 8.17 Å². The SMILES string of the molecule is c1ccc(-c2cccc(N(Cc3ccccc3-c3cc(-n4c5ccccc5c5c6ccccc6ccc54)ccc3-c3ccccc3)c3ccc(-c4cc5ccccc5c5ccccc45)cc3)c2)cc1. The van der Waals surface area contributed by atoms with Gasteiger partial charge in [-0.3, -0.25) is 0 Å². The number of rotatable bonds is 9. The summed E-state index contributed by atoms with van der Waals surface area (Å²) in [5, 5.41) is 10.1. The summed E-state index contributed by atoms with van der Waals surface area (Å²) < 4.78 is 2.46. The van der Waals surface area contributed by atoms with E-state index in [1.165, 1.54) is 104 Å². The number of para-hydroxylation sites is 1. The molecule has 69 heavy (non-hydrogen) atoms. The van der Waals surface area contributed by atoms with Crippen molar-refractivity contribution >= 4 is 65.5 Å². The molecule has 0 spiro atoms. The Morgan fingerprint density at radius 1 is 0.290 bits per heavy atom. The van der Waals surface area contributed by atoms with E-state index in [2.05, 4.69) is 276 Å². The van der Waals surface area contributed by atoms with Crippen LogP contribution in [0.4, 0.5) is 11.4 Å². The molecule has 12 aromatic carbocycles. The average Bonchev–Trinajstić information content (AvgIpc) is 3.78. The molecule has 0 atom stereocenters. The summed E-state index contributed by atoms with van der Waals surface area (Å²) in [6.07, 6.45) is 0. The highest BCUT2D eigenvalue weighted by atomic mass is 15.1. The van der Waals surface area contributed by atoms with Crippen LogP contribution in [0.25, 0.3) is 104 Å². The van der Waals surface area contributed by atoms with Crippen LogP contribution in [0.1, 0.15) is 5.56 Å². The average molecular weight is 879 g/mol. The van der Waals surface area contributed by atoms with Crippen molar-refractivity contribution in [2.45, 2.75) is 6.54 Å². The molecule has 0 aliphatic rings. The molecule has 2 nitrogen and oxygen atoms in total. The second-order valence-electron chi connectivity index (χ2n) is 18.0. The third-order valence-corrected chi connectivity index (χ3v) is 14.1. The zero-order valence-electron chi connectivity index (χ0n) is 38.0. The first-order valence-corrected chi connectivity index (χ1v) is 23.9. The number of hydrogen-bond acceptors (Lipinski definition) is 1. The van der Waals surface area contributed by atoms with E-state index in [1.807, 2.05) is 0 Å². The normalized spacial score (nSPS) is 11.5. The van der Waals surface area contributed by atoms with Gasteiger partial charge in [-0.25, -0.2) is 0 Å². The van der Waals surface area contributed by atoms with Gasteiger partial charge >= 0.3 is 0 Å². The Morgan fingerprint density at radius 2 is 0.913 bits per heavy atom. The Labute approximate surface area is 402 Å². The van der Waals surface area contributed by atoms with Crippen LogP contribution in [0.5, 0.6) is 0 Å². The molecule has 0 unspecified atom stereocenters. The van der Waals surface area contributed by atoms with Crippen LogP contribution in [0, 0.1) is 0 Å². The van der Waals surface area contributed by atoms with Gasteiger partial charge in [0.05, 0.1) is 11.0 Å². The predicted molar refractivity (Wildman–Crippen MR) is 294 cm³/mol. The Kier molecular flexibility index (Phi) is 9.95. The molecule has 0 aliphatic carbocycles. The van der Waals surface area contributed by atoms with Crippen LogP contribution in [-0.2, 0) is 6.54 Å². The van der Waals surface area contributed by atoms with Crippen molar-refractivity contribution in [3.8, 4) is 50.2 Å². The van der Waals surface area contributed by atoms with Gasteiger partial charge in [-0.05, 0) is 137 Å². The molecule has 0 saturated carbocycles. The van der Waals surface area contributed by atoms with E-state index in [9.17, 15) is 0 Å². The highest BCUT2D eigenvalue weighted by Crippen LogP contribution is 2.43. The lowest BCUT2D eigenvalue weighted by Gasteiger charge is -2.28. The van der Waals surface area contributed by atoms with Crippen molar-refractivity contribution in [1.82, 2.24) is 4.57 Å². The molecular formula is C67H46N2. The van der Waals surface area contributed by atoms with Gasteiger partial charge in [0.2, 0.25) is 0 Å². The molecule has 1 aromatic heterocycles. The molecule has 1 heterocycles. The summed E-state index contributed by atoms with van der Waals surface area (Å²) >= 11 is 0. The largest absolute Gasteiger partial charge is 0.337 e. The Bertz CT molecular complexity index is 4030. The molecule has 2 heteroatoms. The number of benzene rings is 12. The fourth-order valence-electron chi connectivity index (χ4n) is 10.8. The van der Waals surface area contributed by atoms with Crippen LogP contribution in [0.15, 0.2) is 267 Å². The van der Waals surface area contributed by atoms with E-state index >= 15 is 0 Å². The molecular weight excluding hydrogens is 833 g/mol. The van der Waals surface area contributed by atoms with Crippen LogP contribution in [-0.4, -0.2) is 4.57 Å². The maximum Gasteiger partial charge on any atom is 0.0547 e. The van der Waals surface area contributed by atoms with Gasteiger partial charge in [0, 0.05) is 34.4 Å². The highest BCUT2D eigenvalue weighted by molar-refractivity contribution is 6.21. The van der Waals surface area contributed by atoms with E-state index in [0.717, 1.165) is 17.1 Å². The molecule has 0 N–H and O–H groups in total. The fourth-order valence-corrected chi connectivity index (χ4v) is 10.8. The lowest BCUT2D eigenvalue weighted by molar-refractivity contribution is 0.977. The summed E-state index contributed by atoms with van der Waals surface area (Å²) in [7, 11) is 0. The number of aromatic nitrogens is 1. The van der Waals surface area contributed by atoms with Crippen LogP contribution < -0.4 is 4.90 Å². The van der Waals surface area contributed by atoms with Gasteiger partial charge in [-0.15, -0.1) is 0 Å². The van der Waals surface area contributed by atoms with Crippen molar-refractivity contribution in [3.05, 3.63) is 272 Å². The van der Waals surface area contributed by atoms with E-state index in [0.29, 0.717) is 6.54 Å². The van der Waals surface area contributed by atoms with Gasteiger partial charge < -0.3 is 9.47 Å². The molecule has 0 bridgehead atoms. The van der Waals surface area contributed by atoms with Crippen LogP contribution >= 0.6 is 0 Å². The zero-order valence-corrected chi connectivity index (χ0v) is 38.0. The predicted octanol–water partition coefficient (Wildman–Crippen LogP) is 18.2. The minimum atomic E-state index is 0.645. The zero-order chi connectivity index (χ0) is 45.7. The standard InChI is InChI=1S/C67H46N2/c1-3-18-46(19-4-1)50-25-17-26-54(42-50)68(53-37-34-49(35-38-53)63-43-51-23-8-10-27-56(51)60-30-13-14-31-61(60)63)45-52-24-9-11-28-57(52)64-44-55(39-40-58(64)47-20-5-2-6-21-47)69-65-33-16-15-32-62(65)67-59-29-12-7-22-48(59)36-41-66(67)69/h1-44H,45H2. The van der Waals surface area contributed by atoms with Crippen LogP contribution in [0.3, 0.4) is 0 Å². The number of anilines is 2. The molecule has 0 amide bonds. The summed E-state index contributed by atoms with van der Waals surface area (Å²) in [6.45, 7) is 0.645. The smallest absolute Gasteiger partial charge is 0.0547 e. The molecule has 0 aliphatic heterocycles. The minimum Gasteiger partial charge on any atom is -0.337 e. The first-order valence-electron chi connectivity index (χ1n) is 23.9. The summed E-state index contributed by atoms with van der Waals surface area (Å²) in [4.78, 5) is 2.48. The van der Waals surface area contributed by atoms with Gasteiger partial charge in [-0.1, -0.05) is 212 Å². The van der Waals surface area contributed by atoms with Crippen molar-refractivity contribution in [1.29, 1.82) is 0 Å². The van der Waals surface area contributed by atoms with E-state index < -0.39 is 0 Å². The monoisotopic (exact) mass is 878 g/mol. The Morgan fingerprint density at radius 3 is 1.72 bits per heavy atom. The van der Waals surface area contributed by atoms with Gasteiger partial charge in [0.1, 0.15) is 0 Å². The highest BCUT2D eigenvalue weighted by Gasteiger charge is 2.20. The van der Waals surface area contributed by atoms with Gasteiger partial charge in [0.25, 0.3) is 0 Å². The van der Waals surface area contributed by atoms with Crippen molar-refractivity contribution in [2.75, 3.05) is 4.90 Å².